The van der Waals surface area contributed by atoms with Gasteiger partial charge in [0.1, 0.15) is 25.0 Å². The van der Waals surface area contributed by atoms with E-state index in [1.54, 1.807) is 37.3 Å². The molecule has 12 nitrogen and oxygen atoms in total. The molecular formula is C30H39BrN9O3P. The first-order valence-electron chi connectivity index (χ1n) is 15.0. The largest absolute Gasteiger partial charge is 0.494 e. The second-order valence-electron chi connectivity index (χ2n) is 11.5. The molecule has 0 atom stereocenters. The predicted octanol–water partition coefficient (Wildman–Crippen LogP) is 4.89. The van der Waals surface area contributed by atoms with Crippen LogP contribution in [0.1, 0.15) is 25.3 Å². The van der Waals surface area contributed by atoms with E-state index in [1.807, 2.05) is 6.07 Å². The normalized spacial score (nSPS) is 16.8. The second-order valence-corrected chi connectivity index (χ2v) is 15.5. The molecule has 0 amide bonds. The third kappa shape index (κ3) is 6.42. The van der Waals surface area contributed by atoms with Crippen LogP contribution < -0.4 is 25.6 Å². The van der Waals surface area contributed by atoms with E-state index in [2.05, 4.69) is 70.5 Å². The van der Waals surface area contributed by atoms with E-state index in [0.29, 0.717) is 38.9 Å². The molecular weight excluding hydrogens is 645 g/mol. The first-order chi connectivity index (χ1) is 21.2. The van der Waals surface area contributed by atoms with Crippen LogP contribution in [0.15, 0.2) is 41.4 Å². The standard InChI is InChI=1S/C30H39BrN9O3P/c1-5-20-16-24(26(42-2)17-25(20)39-9-6-21(7-10-39)38-12-14-43-15-13-38)36-30-32-18-22(31)28(37-30)35-23-8-11-40-29(33-19-34-40)27(23)44(3,4)41/h8,11,16-19,21H,5-7,9-10,12-15H2,1-4H3,(H2,32,35,36,37). The Bertz CT molecular complexity index is 1680. The van der Waals surface area contributed by atoms with Gasteiger partial charge in [-0.1, -0.05) is 6.92 Å². The number of benzene rings is 1. The minimum absolute atomic E-state index is 0.399. The number of pyridine rings is 1. The Balaban J connectivity index is 1.23. The quantitative estimate of drug-likeness (QED) is 0.235. The number of aryl methyl sites for hydroxylation is 1. The number of nitrogens with zero attached hydrogens (tertiary/aromatic N) is 7. The van der Waals surface area contributed by atoms with Crippen LogP contribution >= 0.6 is 23.1 Å². The summed E-state index contributed by atoms with van der Waals surface area (Å²) in [5.41, 5.74) is 4.45. The number of morpholine rings is 1. The SMILES string of the molecule is CCc1cc(Nc2ncc(Br)c(Nc3ccn4ncnc4c3P(C)(C)=O)n2)c(OC)cc1N1CCC(N2CCOCC2)CC1. The Hall–Kier alpha value is -3.25. The van der Waals surface area contributed by atoms with E-state index in [1.165, 1.54) is 17.6 Å². The molecule has 14 heteroatoms. The number of methoxy groups -OCH3 is 1. The topological polar surface area (TPSA) is 122 Å². The average Bonchev–Trinajstić information content (AvgIpc) is 3.51. The molecule has 0 saturated carbocycles. The molecule has 5 heterocycles. The van der Waals surface area contributed by atoms with Crippen molar-refractivity contribution in [2.45, 2.75) is 32.2 Å². The predicted molar refractivity (Wildman–Crippen MR) is 178 cm³/mol. The molecule has 6 rings (SSSR count). The highest BCUT2D eigenvalue weighted by Crippen LogP contribution is 2.41. The molecule has 0 aliphatic carbocycles. The maximum atomic E-state index is 13.3. The van der Waals surface area contributed by atoms with Gasteiger partial charge in [-0.25, -0.2) is 14.5 Å². The highest BCUT2D eigenvalue weighted by Gasteiger charge is 2.28. The number of halogens is 1. The Morgan fingerprint density at radius 3 is 2.57 bits per heavy atom. The number of anilines is 5. The number of hydrogen-bond donors (Lipinski definition) is 2. The zero-order valence-electron chi connectivity index (χ0n) is 25.6. The Kier molecular flexibility index (Phi) is 9.09. The third-order valence-corrected chi connectivity index (χ3v) is 10.5. The van der Waals surface area contributed by atoms with Gasteiger partial charge in [0.05, 0.1) is 41.5 Å². The van der Waals surface area contributed by atoms with Gasteiger partial charge in [-0.05, 0) is 66.2 Å². The summed E-state index contributed by atoms with van der Waals surface area (Å²) in [6.07, 6.45) is 8.09. The Morgan fingerprint density at radius 2 is 1.86 bits per heavy atom. The van der Waals surface area contributed by atoms with E-state index in [4.69, 9.17) is 14.5 Å². The van der Waals surface area contributed by atoms with Crippen molar-refractivity contribution in [3.63, 3.8) is 0 Å². The number of nitrogens with one attached hydrogen (secondary N) is 2. The monoisotopic (exact) mass is 683 g/mol. The lowest BCUT2D eigenvalue weighted by molar-refractivity contribution is 0.0115. The first kappa shape index (κ1) is 30.8. The summed E-state index contributed by atoms with van der Waals surface area (Å²) in [5.74, 6) is 1.65. The lowest BCUT2D eigenvalue weighted by Gasteiger charge is -2.41. The van der Waals surface area contributed by atoms with Crippen molar-refractivity contribution in [2.75, 3.05) is 75.4 Å². The van der Waals surface area contributed by atoms with Crippen LogP contribution in [0, 0.1) is 0 Å². The van der Waals surface area contributed by atoms with Gasteiger partial charge < -0.3 is 29.6 Å². The minimum Gasteiger partial charge on any atom is -0.494 e. The lowest BCUT2D eigenvalue weighted by Crippen LogP contribution is -2.49. The van der Waals surface area contributed by atoms with Crippen molar-refractivity contribution in [3.05, 3.63) is 47.0 Å². The van der Waals surface area contributed by atoms with Crippen LogP contribution in [-0.4, -0.2) is 95.3 Å². The smallest absolute Gasteiger partial charge is 0.229 e. The fourth-order valence-corrected chi connectivity index (χ4v) is 7.78. The maximum absolute atomic E-state index is 13.3. The van der Waals surface area contributed by atoms with Gasteiger partial charge in [0.2, 0.25) is 5.95 Å². The number of aromatic nitrogens is 5. The van der Waals surface area contributed by atoms with Crippen molar-refractivity contribution in [2.24, 2.45) is 0 Å². The van der Waals surface area contributed by atoms with Crippen LogP contribution in [0.2, 0.25) is 0 Å². The molecule has 234 valence electrons. The van der Waals surface area contributed by atoms with Crippen LogP contribution in [0.5, 0.6) is 5.75 Å². The van der Waals surface area contributed by atoms with Gasteiger partial charge in [0.15, 0.2) is 5.65 Å². The maximum Gasteiger partial charge on any atom is 0.229 e. The summed E-state index contributed by atoms with van der Waals surface area (Å²) >= 11 is 3.57. The van der Waals surface area contributed by atoms with Gasteiger partial charge >= 0.3 is 0 Å². The van der Waals surface area contributed by atoms with Crippen molar-refractivity contribution in [1.82, 2.24) is 29.5 Å². The highest BCUT2D eigenvalue weighted by molar-refractivity contribution is 9.10. The molecule has 0 unspecified atom stereocenters. The van der Waals surface area contributed by atoms with Crippen LogP contribution in [-0.2, 0) is 15.7 Å². The molecule has 0 radical (unpaired) electrons. The zero-order valence-corrected chi connectivity index (χ0v) is 28.1. The molecule has 44 heavy (non-hydrogen) atoms. The van der Waals surface area contributed by atoms with Crippen molar-refractivity contribution in [1.29, 1.82) is 0 Å². The van der Waals surface area contributed by atoms with E-state index in [9.17, 15) is 4.57 Å². The third-order valence-electron chi connectivity index (χ3n) is 8.35. The van der Waals surface area contributed by atoms with E-state index < -0.39 is 7.14 Å². The molecule has 2 aliphatic rings. The summed E-state index contributed by atoms with van der Waals surface area (Å²) in [6, 6.07) is 6.73. The minimum atomic E-state index is -2.72. The molecule has 0 spiro atoms. The Morgan fingerprint density at radius 1 is 1.09 bits per heavy atom. The fourth-order valence-electron chi connectivity index (χ4n) is 6.14. The fraction of sp³-hybridized carbons (Fsp3) is 0.467. The van der Waals surface area contributed by atoms with Crippen LogP contribution in [0.4, 0.5) is 28.8 Å². The Labute approximate surface area is 266 Å². The van der Waals surface area contributed by atoms with Gasteiger partial charge in [-0.3, -0.25) is 4.90 Å². The number of hydrogen-bond acceptors (Lipinski definition) is 11. The molecule has 3 aromatic heterocycles. The zero-order chi connectivity index (χ0) is 30.8. The van der Waals surface area contributed by atoms with Crippen LogP contribution in [0.3, 0.4) is 0 Å². The first-order valence-corrected chi connectivity index (χ1v) is 18.4. The van der Waals surface area contributed by atoms with E-state index >= 15 is 0 Å². The van der Waals surface area contributed by atoms with E-state index in [-0.39, 0.29) is 0 Å². The molecule has 0 bridgehead atoms. The molecule has 2 N–H and O–H groups in total. The number of ether oxygens (including phenoxy) is 2. The van der Waals surface area contributed by atoms with E-state index in [0.717, 1.165) is 70.1 Å². The molecule has 4 aromatic rings. The molecule has 2 saturated heterocycles. The number of piperidine rings is 1. The van der Waals surface area contributed by atoms with Crippen molar-refractivity contribution < 1.29 is 14.0 Å². The number of rotatable bonds is 9. The van der Waals surface area contributed by atoms with Gasteiger partial charge in [0.25, 0.3) is 0 Å². The lowest BCUT2D eigenvalue weighted by atomic mass is 10.00. The number of fused-ring (bicyclic) bond motifs is 1. The summed E-state index contributed by atoms with van der Waals surface area (Å²) in [4.78, 5) is 18.7. The van der Waals surface area contributed by atoms with Gasteiger partial charge in [-0.2, -0.15) is 10.1 Å². The van der Waals surface area contributed by atoms with Crippen molar-refractivity contribution in [3.8, 4) is 5.75 Å². The summed E-state index contributed by atoms with van der Waals surface area (Å²) in [7, 11) is -1.04. The van der Waals surface area contributed by atoms with Crippen LogP contribution in [0.25, 0.3) is 5.65 Å². The van der Waals surface area contributed by atoms with Gasteiger partial charge in [-0.15, -0.1) is 0 Å². The summed E-state index contributed by atoms with van der Waals surface area (Å²) in [6.45, 7) is 11.4. The molecule has 2 fully saturated rings. The highest BCUT2D eigenvalue weighted by atomic mass is 79.9. The summed E-state index contributed by atoms with van der Waals surface area (Å²) in [5, 5.41) is 11.5. The average molecular weight is 685 g/mol. The van der Waals surface area contributed by atoms with Gasteiger partial charge in [0, 0.05) is 56.4 Å². The molecule has 2 aliphatic heterocycles. The van der Waals surface area contributed by atoms with Crippen molar-refractivity contribution >= 4 is 62.9 Å². The second kappa shape index (κ2) is 13.0. The molecule has 1 aromatic carbocycles. The summed E-state index contributed by atoms with van der Waals surface area (Å²) < 4.78 is 27.0.